The molecule has 1 atom stereocenters. The van der Waals surface area contributed by atoms with E-state index in [1.165, 1.54) is 20.2 Å². The number of benzene rings is 2. The number of hydrogen-bond donors (Lipinski definition) is 0. The van der Waals surface area contributed by atoms with Crippen molar-refractivity contribution in [1.29, 1.82) is 5.26 Å². The van der Waals surface area contributed by atoms with Crippen molar-refractivity contribution in [2.24, 2.45) is 0 Å². The molecule has 0 saturated heterocycles. The molecule has 0 N–H and O–H groups in total. The van der Waals surface area contributed by atoms with Crippen LogP contribution >= 0.6 is 38.6 Å². The summed E-state index contributed by atoms with van der Waals surface area (Å²) in [5.74, 6) is -0.00991. The molecule has 0 spiro atoms. The van der Waals surface area contributed by atoms with E-state index in [-0.39, 0.29) is 5.92 Å². The molecule has 0 fully saturated rings. The van der Waals surface area contributed by atoms with Crippen LogP contribution in [-0.4, -0.2) is 0 Å². The van der Waals surface area contributed by atoms with E-state index in [1.54, 1.807) is 22.7 Å². The fourth-order valence-corrected chi connectivity index (χ4v) is 4.19. The quantitative estimate of drug-likeness (QED) is 0.332. The van der Waals surface area contributed by atoms with Crippen molar-refractivity contribution in [3.05, 3.63) is 69.3 Å². The molecule has 0 bridgehead atoms. The van der Waals surface area contributed by atoms with Crippen molar-refractivity contribution in [3.8, 4) is 6.07 Å². The highest BCUT2D eigenvalue weighted by molar-refractivity contribution is 9.10. The third kappa shape index (κ3) is 3.81. The Labute approximate surface area is 151 Å². The lowest BCUT2D eigenvalue weighted by Gasteiger charge is -2.01. The molecule has 0 amide bonds. The molecule has 2 aromatic heterocycles. The highest BCUT2D eigenvalue weighted by Crippen LogP contribution is 2.25. The zero-order valence-corrected chi connectivity index (χ0v) is 15.7. The zero-order chi connectivity index (χ0) is 16.2. The third-order valence-electron chi connectivity index (χ3n) is 3.58. The standard InChI is InChI=1S/C11H9NS.C8H5BrS/c1-8(7-12)9-2-3-11-10(6-9)4-5-13-11;9-7-1-2-8-6(5-7)3-4-10-8/h2-6,8H,1H3;1-5H. The first-order valence-corrected chi connectivity index (χ1v) is 9.72. The minimum atomic E-state index is -0.00991. The van der Waals surface area contributed by atoms with Gasteiger partial charge in [-0.25, -0.2) is 0 Å². The predicted molar refractivity (Wildman–Crippen MR) is 105 cm³/mol. The van der Waals surface area contributed by atoms with Gasteiger partial charge in [0, 0.05) is 13.9 Å². The van der Waals surface area contributed by atoms with Gasteiger partial charge in [-0.15, -0.1) is 22.7 Å². The first-order chi connectivity index (χ1) is 11.2. The maximum atomic E-state index is 8.76. The van der Waals surface area contributed by atoms with Gasteiger partial charge < -0.3 is 0 Å². The number of nitrogens with zero attached hydrogens (tertiary/aromatic N) is 1. The van der Waals surface area contributed by atoms with Gasteiger partial charge in [0.25, 0.3) is 0 Å². The van der Waals surface area contributed by atoms with Gasteiger partial charge in [0.1, 0.15) is 0 Å². The van der Waals surface area contributed by atoms with Crippen LogP contribution in [0.5, 0.6) is 0 Å². The molecule has 2 heterocycles. The van der Waals surface area contributed by atoms with Crippen LogP contribution < -0.4 is 0 Å². The average Bonchev–Trinajstić information content (AvgIpc) is 3.22. The van der Waals surface area contributed by atoms with Gasteiger partial charge in [0.15, 0.2) is 0 Å². The molecule has 2 aromatic carbocycles. The average molecular weight is 400 g/mol. The van der Waals surface area contributed by atoms with Gasteiger partial charge in [-0.3, -0.25) is 0 Å². The van der Waals surface area contributed by atoms with Gasteiger partial charge in [0.05, 0.1) is 12.0 Å². The molecule has 0 radical (unpaired) electrons. The summed E-state index contributed by atoms with van der Waals surface area (Å²) in [6.07, 6.45) is 0. The largest absolute Gasteiger partial charge is 0.198 e. The van der Waals surface area contributed by atoms with E-state index < -0.39 is 0 Å². The number of hydrogen-bond acceptors (Lipinski definition) is 3. The maximum Gasteiger partial charge on any atom is 0.0700 e. The lowest BCUT2D eigenvalue weighted by molar-refractivity contribution is 0.985. The predicted octanol–water partition coefficient (Wildman–Crippen LogP) is 7.19. The van der Waals surface area contributed by atoms with Crippen LogP contribution in [-0.2, 0) is 0 Å². The van der Waals surface area contributed by atoms with Crippen molar-refractivity contribution >= 4 is 58.8 Å². The molecule has 4 heteroatoms. The Kier molecular flexibility index (Phi) is 5.12. The summed E-state index contributed by atoms with van der Waals surface area (Å²) in [7, 11) is 0. The molecule has 114 valence electrons. The number of halogens is 1. The zero-order valence-electron chi connectivity index (χ0n) is 12.5. The second kappa shape index (κ2) is 7.27. The summed E-state index contributed by atoms with van der Waals surface area (Å²) < 4.78 is 3.79. The SMILES string of the molecule is Brc1ccc2sccc2c1.CC(C#N)c1ccc2sccc2c1. The Bertz CT molecular complexity index is 978. The van der Waals surface area contributed by atoms with Crippen LogP contribution in [0.3, 0.4) is 0 Å². The minimum Gasteiger partial charge on any atom is -0.198 e. The van der Waals surface area contributed by atoms with Gasteiger partial charge in [-0.1, -0.05) is 22.0 Å². The molecule has 1 nitrogen and oxygen atoms in total. The molecule has 0 aliphatic heterocycles. The lowest BCUT2D eigenvalue weighted by atomic mass is 10.0. The first-order valence-electron chi connectivity index (χ1n) is 7.17. The molecule has 0 aliphatic carbocycles. The highest BCUT2D eigenvalue weighted by Gasteiger charge is 2.04. The van der Waals surface area contributed by atoms with E-state index in [0.29, 0.717) is 0 Å². The number of thiophene rings is 2. The van der Waals surface area contributed by atoms with Gasteiger partial charge in [0.2, 0.25) is 0 Å². The third-order valence-corrected chi connectivity index (χ3v) is 5.87. The number of fused-ring (bicyclic) bond motifs is 2. The van der Waals surface area contributed by atoms with Gasteiger partial charge in [-0.05, 0) is 76.5 Å². The molecule has 4 aromatic rings. The second-order valence-electron chi connectivity index (χ2n) is 5.17. The molecule has 0 aliphatic rings. The minimum absolute atomic E-state index is 0.00991. The summed E-state index contributed by atoms with van der Waals surface area (Å²) in [6.45, 7) is 1.92. The Balaban J connectivity index is 0.000000140. The fourth-order valence-electron chi connectivity index (χ4n) is 2.27. The number of rotatable bonds is 1. The molecular formula is C19H14BrNS2. The van der Waals surface area contributed by atoms with E-state index in [2.05, 4.69) is 75.2 Å². The summed E-state index contributed by atoms with van der Waals surface area (Å²) in [4.78, 5) is 0. The maximum absolute atomic E-state index is 8.76. The second-order valence-corrected chi connectivity index (χ2v) is 7.98. The molecular weight excluding hydrogens is 386 g/mol. The van der Waals surface area contributed by atoms with Crippen molar-refractivity contribution in [2.45, 2.75) is 12.8 Å². The smallest absolute Gasteiger partial charge is 0.0700 e. The normalized spacial score (nSPS) is 11.7. The molecule has 23 heavy (non-hydrogen) atoms. The molecule has 0 saturated carbocycles. The highest BCUT2D eigenvalue weighted by atomic mass is 79.9. The summed E-state index contributed by atoms with van der Waals surface area (Å²) >= 11 is 6.93. The van der Waals surface area contributed by atoms with E-state index in [9.17, 15) is 0 Å². The van der Waals surface area contributed by atoms with E-state index in [4.69, 9.17) is 5.26 Å². The monoisotopic (exact) mass is 399 g/mol. The van der Waals surface area contributed by atoms with Crippen LogP contribution in [0.2, 0.25) is 0 Å². The topological polar surface area (TPSA) is 23.8 Å². The van der Waals surface area contributed by atoms with Crippen LogP contribution in [0.25, 0.3) is 20.2 Å². The Morgan fingerprint density at radius 1 is 0.913 bits per heavy atom. The Morgan fingerprint density at radius 3 is 2.17 bits per heavy atom. The van der Waals surface area contributed by atoms with E-state index >= 15 is 0 Å². The Morgan fingerprint density at radius 2 is 1.52 bits per heavy atom. The summed E-state index contributed by atoms with van der Waals surface area (Å²) in [5.41, 5.74) is 1.11. The van der Waals surface area contributed by atoms with Gasteiger partial charge >= 0.3 is 0 Å². The lowest BCUT2D eigenvalue weighted by Crippen LogP contribution is -1.87. The van der Waals surface area contributed by atoms with Crippen LogP contribution in [0.1, 0.15) is 18.4 Å². The van der Waals surface area contributed by atoms with Gasteiger partial charge in [-0.2, -0.15) is 5.26 Å². The van der Waals surface area contributed by atoms with Crippen molar-refractivity contribution in [3.63, 3.8) is 0 Å². The van der Waals surface area contributed by atoms with Crippen molar-refractivity contribution in [1.82, 2.24) is 0 Å². The number of nitriles is 1. The first kappa shape index (κ1) is 16.2. The van der Waals surface area contributed by atoms with Crippen LogP contribution in [0, 0.1) is 11.3 Å². The Hall–Kier alpha value is -1.67. The molecule has 4 rings (SSSR count). The van der Waals surface area contributed by atoms with Crippen LogP contribution in [0.15, 0.2) is 63.8 Å². The van der Waals surface area contributed by atoms with Crippen LogP contribution in [0.4, 0.5) is 0 Å². The van der Waals surface area contributed by atoms with E-state index in [0.717, 1.165) is 10.0 Å². The summed E-state index contributed by atoms with van der Waals surface area (Å²) in [5, 5.41) is 15.5. The van der Waals surface area contributed by atoms with Crippen molar-refractivity contribution in [2.75, 3.05) is 0 Å². The van der Waals surface area contributed by atoms with E-state index in [1.807, 2.05) is 13.0 Å². The molecule has 1 unspecified atom stereocenters. The fraction of sp³-hybridized carbons (Fsp3) is 0.105. The van der Waals surface area contributed by atoms with Crippen molar-refractivity contribution < 1.29 is 0 Å². The summed E-state index contributed by atoms with van der Waals surface area (Å²) in [6, 6.07) is 19.0.